The van der Waals surface area contributed by atoms with Crippen molar-refractivity contribution in [3.63, 3.8) is 0 Å². The number of aromatic nitrogens is 2. The number of benzene rings is 1. The van der Waals surface area contributed by atoms with Crippen LogP contribution in [0.1, 0.15) is 12.7 Å². The molecule has 1 aromatic carbocycles. The normalized spacial score (nSPS) is 13.4. The minimum atomic E-state index is -4.67. The molecule has 0 radical (unpaired) electrons. The molecule has 0 aliphatic heterocycles. The fraction of sp³-hybridized carbons (Fsp3) is 0.250. The van der Waals surface area contributed by atoms with Crippen molar-refractivity contribution in [1.29, 1.82) is 0 Å². The van der Waals surface area contributed by atoms with Gasteiger partial charge in [-0.3, -0.25) is 4.79 Å². The fourth-order valence-corrected chi connectivity index (χ4v) is 2.36. The van der Waals surface area contributed by atoms with Crippen molar-refractivity contribution >= 4 is 28.6 Å². The first-order valence-electron chi connectivity index (χ1n) is 5.52. The summed E-state index contributed by atoms with van der Waals surface area (Å²) in [6, 6.07) is 6.19. The van der Waals surface area contributed by atoms with E-state index < -0.39 is 23.2 Å². The van der Waals surface area contributed by atoms with Crippen molar-refractivity contribution in [2.24, 2.45) is 0 Å². The number of hydrogen-bond donors (Lipinski definition) is 1. The van der Waals surface area contributed by atoms with Gasteiger partial charge < -0.3 is 5.11 Å². The third kappa shape index (κ3) is 3.01. The number of nitrogens with zero attached hydrogens (tertiary/aromatic N) is 2. The zero-order valence-electron chi connectivity index (χ0n) is 10.2. The number of carboxylic acid groups (broad SMARTS) is 1. The Bertz CT molecular complexity index is 661. The number of aliphatic carboxylic acids is 1. The van der Waals surface area contributed by atoms with E-state index in [0.29, 0.717) is 5.39 Å². The molecule has 1 aromatic heterocycles. The second-order valence-corrected chi connectivity index (χ2v) is 5.30. The van der Waals surface area contributed by atoms with Crippen molar-refractivity contribution < 1.29 is 23.1 Å². The Kier molecular flexibility index (Phi) is 3.85. The van der Waals surface area contributed by atoms with Gasteiger partial charge in [0.2, 0.25) is 5.82 Å². The van der Waals surface area contributed by atoms with E-state index in [1.807, 2.05) is 0 Å². The van der Waals surface area contributed by atoms with Gasteiger partial charge in [-0.05, 0) is 13.0 Å². The van der Waals surface area contributed by atoms with Gasteiger partial charge >= 0.3 is 12.1 Å². The highest BCUT2D eigenvalue weighted by Crippen LogP contribution is 2.33. The van der Waals surface area contributed by atoms with Gasteiger partial charge in [0.25, 0.3) is 0 Å². The molecule has 2 aromatic rings. The maximum Gasteiger partial charge on any atom is 0.451 e. The summed E-state index contributed by atoms with van der Waals surface area (Å²) in [6.07, 6.45) is -4.67. The molecule has 1 atom stereocenters. The van der Waals surface area contributed by atoms with Crippen molar-refractivity contribution in [3.05, 3.63) is 30.1 Å². The van der Waals surface area contributed by atoms with Crippen molar-refractivity contribution in [1.82, 2.24) is 9.97 Å². The van der Waals surface area contributed by atoms with Crippen LogP contribution in [-0.2, 0) is 11.0 Å². The molecular formula is C12H9F3N2O2S. The van der Waals surface area contributed by atoms with Gasteiger partial charge in [0, 0.05) is 5.39 Å². The smallest absolute Gasteiger partial charge is 0.451 e. The molecule has 0 amide bonds. The third-order valence-corrected chi connectivity index (χ3v) is 3.55. The molecule has 0 bridgehead atoms. The number of carboxylic acids is 1. The standard InChI is InChI=1S/C12H9F3N2O2S/c1-6(10(18)19)20-9-7-4-2-3-5-8(7)16-11(17-9)12(13,14)15/h2-6H,1H3,(H,18,19)/t6-/m1/s1. The highest BCUT2D eigenvalue weighted by Gasteiger charge is 2.35. The van der Waals surface area contributed by atoms with E-state index >= 15 is 0 Å². The predicted octanol–water partition coefficient (Wildman–Crippen LogP) is 3.21. The molecule has 0 saturated carbocycles. The summed E-state index contributed by atoms with van der Waals surface area (Å²) in [6.45, 7) is 1.39. The molecule has 1 N–H and O–H groups in total. The largest absolute Gasteiger partial charge is 0.480 e. The van der Waals surface area contributed by atoms with Gasteiger partial charge in [-0.15, -0.1) is 0 Å². The molecule has 0 aliphatic carbocycles. The number of rotatable bonds is 3. The summed E-state index contributed by atoms with van der Waals surface area (Å²) in [4.78, 5) is 17.8. The number of halogens is 3. The second kappa shape index (κ2) is 5.28. The molecule has 0 saturated heterocycles. The number of para-hydroxylation sites is 1. The fourth-order valence-electron chi connectivity index (χ4n) is 1.48. The Morgan fingerprint density at radius 2 is 1.95 bits per heavy atom. The van der Waals surface area contributed by atoms with Crippen LogP contribution in [0.3, 0.4) is 0 Å². The molecule has 2 rings (SSSR count). The first-order valence-corrected chi connectivity index (χ1v) is 6.40. The van der Waals surface area contributed by atoms with Gasteiger partial charge in [-0.25, -0.2) is 9.97 Å². The molecule has 0 spiro atoms. The lowest BCUT2D eigenvalue weighted by molar-refractivity contribution is -0.145. The zero-order chi connectivity index (χ0) is 14.9. The average molecular weight is 302 g/mol. The third-order valence-electron chi connectivity index (χ3n) is 2.46. The number of hydrogen-bond acceptors (Lipinski definition) is 4. The van der Waals surface area contributed by atoms with Crippen LogP contribution in [-0.4, -0.2) is 26.3 Å². The average Bonchev–Trinajstić information content (AvgIpc) is 2.37. The van der Waals surface area contributed by atoms with Crippen LogP contribution >= 0.6 is 11.8 Å². The first kappa shape index (κ1) is 14.6. The van der Waals surface area contributed by atoms with Gasteiger partial charge in [-0.2, -0.15) is 13.2 Å². The molecule has 106 valence electrons. The van der Waals surface area contributed by atoms with Gasteiger partial charge in [-0.1, -0.05) is 30.0 Å². The second-order valence-electron chi connectivity index (χ2n) is 3.97. The molecule has 8 heteroatoms. The lowest BCUT2D eigenvalue weighted by atomic mass is 10.2. The van der Waals surface area contributed by atoms with E-state index in [2.05, 4.69) is 9.97 Å². The van der Waals surface area contributed by atoms with E-state index in [0.717, 1.165) is 11.8 Å². The summed E-state index contributed by atoms with van der Waals surface area (Å²) in [7, 11) is 0. The van der Waals surface area contributed by atoms with Gasteiger partial charge in [0.15, 0.2) is 0 Å². The van der Waals surface area contributed by atoms with E-state index in [1.54, 1.807) is 18.2 Å². The highest BCUT2D eigenvalue weighted by atomic mass is 32.2. The molecule has 0 fully saturated rings. The van der Waals surface area contributed by atoms with Crippen LogP contribution in [0.4, 0.5) is 13.2 Å². The van der Waals surface area contributed by atoms with Crippen LogP contribution in [0.25, 0.3) is 10.9 Å². The predicted molar refractivity (Wildman–Crippen MR) is 67.5 cm³/mol. The summed E-state index contributed by atoms with van der Waals surface area (Å²) >= 11 is 0.761. The number of carbonyl (C=O) groups is 1. The minimum Gasteiger partial charge on any atom is -0.480 e. The number of alkyl halides is 3. The zero-order valence-corrected chi connectivity index (χ0v) is 11.0. The Balaban J connectivity index is 2.58. The SMILES string of the molecule is C[C@@H](Sc1nc(C(F)(F)F)nc2ccccc12)C(=O)O. The van der Waals surface area contributed by atoms with E-state index in [1.165, 1.54) is 13.0 Å². The monoisotopic (exact) mass is 302 g/mol. The maximum absolute atomic E-state index is 12.7. The van der Waals surface area contributed by atoms with Crippen LogP contribution in [0.15, 0.2) is 29.3 Å². The lowest BCUT2D eigenvalue weighted by Gasteiger charge is -2.11. The van der Waals surface area contributed by atoms with Gasteiger partial charge in [0.1, 0.15) is 10.3 Å². The van der Waals surface area contributed by atoms with Crippen LogP contribution in [0.2, 0.25) is 0 Å². The molecule has 20 heavy (non-hydrogen) atoms. The summed E-state index contributed by atoms with van der Waals surface area (Å²) < 4.78 is 38.2. The molecule has 4 nitrogen and oxygen atoms in total. The van der Waals surface area contributed by atoms with E-state index in [-0.39, 0.29) is 10.5 Å². The highest BCUT2D eigenvalue weighted by molar-refractivity contribution is 8.00. The minimum absolute atomic E-state index is 0.0119. The maximum atomic E-state index is 12.7. The summed E-state index contributed by atoms with van der Waals surface area (Å²) in [5.74, 6) is -2.39. The van der Waals surface area contributed by atoms with Crippen LogP contribution < -0.4 is 0 Å². The molecule has 0 unspecified atom stereocenters. The van der Waals surface area contributed by atoms with Gasteiger partial charge in [0.05, 0.1) is 5.52 Å². The van der Waals surface area contributed by atoms with Crippen LogP contribution in [0.5, 0.6) is 0 Å². The number of fused-ring (bicyclic) bond motifs is 1. The molecule has 0 aliphatic rings. The van der Waals surface area contributed by atoms with Crippen molar-refractivity contribution in [2.45, 2.75) is 23.4 Å². The van der Waals surface area contributed by atoms with E-state index in [9.17, 15) is 18.0 Å². The Morgan fingerprint density at radius 1 is 1.30 bits per heavy atom. The quantitative estimate of drug-likeness (QED) is 0.696. The lowest BCUT2D eigenvalue weighted by Crippen LogP contribution is -2.14. The van der Waals surface area contributed by atoms with Crippen molar-refractivity contribution in [2.75, 3.05) is 0 Å². The Hall–Kier alpha value is -1.83. The Morgan fingerprint density at radius 3 is 2.55 bits per heavy atom. The molecule has 1 heterocycles. The molecular weight excluding hydrogens is 293 g/mol. The van der Waals surface area contributed by atoms with Crippen molar-refractivity contribution in [3.8, 4) is 0 Å². The van der Waals surface area contributed by atoms with Crippen LogP contribution in [0, 0.1) is 0 Å². The first-order chi connectivity index (χ1) is 9.29. The number of thioether (sulfide) groups is 1. The Labute approximate surface area is 116 Å². The summed E-state index contributed by atoms with van der Waals surface area (Å²) in [5.41, 5.74) is 0.134. The topological polar surface area (TPSA) is 63.1 Å². The van der Waals surface area contributed by atoms with E-state index in [4.69, 9.17) is 5.11 Å². The summed E-state index contributed by atoms with van der Waals surface area (Å²) in [5, 5.41) is 8.36.